The van der Waals surface area contributed by atoms with Gasteiger partial charge in [0.15, 0.2) is 0 Å². The molecule has 0 bridgehead atoms. The van der Waals surface area contributed by atoms with Crippen LogP contribution in [0, 0.1) is 12.8 Å². The molecule has 0 unspecified atom stereocenters. The Bertz CT molecular complexity index is 939. The van der Waals surface area contributed by atoms with Crippen LogP contribution >= 0.6 is 0 Å². The highest BCUT2D eigenvalue weighted by molar-refractivity contribution is 7.92. The van der Waals surface area contributed by atoms with Crippen molar-refractivity contribution in [3.8, 4) is 0 Å². The lowest BCUT2D eigenvalue weighted by Crippen LogP contribution is -2.41. The maximum absolute atomic E-state index is 13.3. The van der Waals surface area contributed by atoms with Gasteiger partial charge < -0.3 is 10.2 Å². The van der Waals surface area contributed by atoms with Crippen LogP contribution < -0.4 is 9.62 Å². The summed E-state index contributed by atoms with van der Waals surface area (Å²) in [6.45, 7) is 4.41. The van der Waals surface area contributed by atoms with Crippen LogP contribution in [-0.2, 0) is 14.8 Å². The number of rotatable bonds is 8. The first kappa shape index (κ1) is 22.3. The Morgan fingerprint density at radius 2 is 1.80 bits per heavy atom. The summed E-state index contributed by atoms with van der Waals surface area (Å²) in [6, 6.07) is 15.4. The minimum Gasteiger partial charge on any atom is -0.355 e. The number of carbonyl (C=O) groups is 1. The maximum atomic E-state index is 13.3. The van der Waals surface area contributed by atoms with E-state index in [9.17, 15) is 13.2 Å². The standard InChI is InChI=1S/C23H31N3O3S/c1-19-7-6-8-21(17-19)26(30(28,29)22-9-4-3-5-10-22)18-23(27)24-14-11-20-12-15-25(2)16-13-20/h3-10,17,20H,11-16,18H2,1-2H3,(H,24,27). The molecule has 2 aromatic rings. The van der Waals surface area contributed by atoms with E-state index in [1.165, 1.54) is 4.31 Å². The number of amides is 1. The van der Waals surface area contributed by atoms with Crippen LogP contribution in [0.25, 0.3) is 0 Å². The molecule has 1 aliphatic rings. The second-order valence-corrected chi connectivity index (χ2v) is 9.91. The van der Waals surface area contributed by atoms with Crippen molar-refractivity contribution in [3.63, 3.8) is 0 Å². The fourth-order valence-electron chi connectivity index (χ4n) is 3.77. The second kappa shape index (κ2) is 10.1. The lowest BCUT2D eigenvalue weighted by molar-refractivity contribution is -0.119. The largest absolute Gasteiger partial charge is 0.355 e. The van der Waals surface area contributed by atoms with Crippen molar-refractivity contribution >= 4 is 21.6 Å². The van der Waals surface area contributed by atoms with E-state index in [0.717, 1.165) is 37.9 Å². The molecule has 7 heteroatoms. The lowest BCUT2D eigenvalue weighted by Gasteiger charge is -2.29. The summed E-state index contributed by atoms with van der Waals surface area (Å²) in [6.07, 6.45) is 3.21. The zero-order valence-electron chi connectivity index (χ0n) is 17.8. The van der Waals surface area contributed by atoms with E-state index in [1.54, 1.807) is 48.5 Å². The molecule has 0 saturated carbocycles. The normalized spacial score (nSPS) is 15.7. The van der Waals surface area contributed by atoms with Gasteiger partial charge >= 0.3 is 0 Å². The highest BCUT2D eigenvalue weighted by Gasteiger charge is 2.27. The lowest BCUT2D eigenvalue weighted by atomic mass is 9.94. The van der Waals surface area contributed by atoms with Gasteiger partial charge in [-0.3, -0.25) is 9.10 Å². The zero-order chi connectivity index (χ0) is 21.6. The molecule has 3 rings (SSSR count). The van der Waals surface area contributed by atoms with Gasteiger partial charge in [0.05, 0.1) is 10.6 Å². The number of sulfonamides is 1. The Hall–Kier alpha value is -2.38. The second-order valence-electron chi connectivity index (χ2n) is 8.05. The van der Waals surface area contributed by atoms with Crippen molar-refractivity contribution in [2.75, 3.05) is 37.5 Å². The molecule has 6 nitrogen and oxygen atoms in total. The Morgan fingerprint density at radius 3 is 2.47 bits per heavy atom. The first-order valence-corrected chi connectivity index (χ1v) is 11.9. The fourth-order valence-corrected chi connectivity index (χ4v) is 5.20. The predicted octanol–water partition coefficient (Wildman–Crippen LogP) is 3.04. The summed E-state index contributed by atoms with van der Waals surface area (Å²) in [5, 5.41) is 2.92. The van der Waals surface area contributed by atoms with Crippen LogP contribution in [0.4, 0.5) is 5.69 Å². The molecular formula is C23H31N3O3S. The molecule has 0 radical (unpaired) electrons. The molecule has 0 spiro atoms. The number of nitrogens with zero attached hydrogens (tertiary/aromatic N) is 2. The van der Waals surface area contributed by atoms with Crippen LogP contribution in [0.2, 0.25) is 0 Å². The van der Waals surface area contributed by atoms with Crippen LogP contribution in [0.15, 0.2) is 59.5 Å². The molecule has 0 aliphatic carbocycles. The molecular weight excluding hydrogens is 398 g/mol. The average Bonchev–Trinajstić information content (AvgIpc) is 2.74. The van der Waals surface area contributed by atoms with Crippen molar-refractivity contribution in [2.24, 2.45) is 5.92 Å². The van der Waals surface area contributed by atoms with Gasteiger partial charge in [0.1, 0.15) is 6.54 Å². The molecule has 2 aromatic carbocycles. The summed E-state index contributed by atoms with van der Waals surface area (Å²) in [5.41, 5.74) is 1.42. The molecule has 1 saturated heterocycles. The Labute approximate surface area is 179 Å². The number of benzene rings is 2. The van der Waals surface area contributed by atoms with E-state index in [4.69, 9.17) is 0 Å². The summed E-state index contributed by atoms with van der Waals surface area (Å²) in [4.78, 5) is 15.2. The molecule has 0 atom stereocenters. The third-order valence-electron chi connectivity index (χ3n) is 5.62. The maximum Gasteiger partial charge on any atom is 0.264 e. The third-order valence-corrected chi connectivity index (χ3v) is 7.41. The molecule has 1 fully saturated rings. The summed E-state index contributed by atoms with van der Waals surface area (Å²) < 4.78 is 27.7. The minimum absolute atomic E-state index is 0.172. The summed E-state index contributed by atoms with van der Waals surface area (Å²) in [5.74, 6) is 0.325. The number of likely N-dealkylation sites (tertiary alicyclic amines) is 1. The molecule has 1 N–H and O–H groups in total. The van der Waals surface area contributed by atoms with E-state index < -0.39 is 10.0 Å². The van der Waals surface area contributed by atoms with E-state index in [-0.39, 0.29) is 17.3 Å². The van der Waals surface area contributed by atoms with E-state index >= 15 is 0 Å². The molecule has 30 heavy (non-hydrogen) atoms. The van der Waals surface area contributed by atoms with Gasteiger partial charge in [-0.05, 0) is 82.1 Å². The number of anilines is 1. The molecule has 162 valence electrons. The zero-order valence-corrected chi connectivity index (χ0v) is 18.6. The van der Waals surface area contributed by atoms with E-state index in [0.29, 0.717) is 18.2 Å². The van der Waals surface area contributed by atoms with Gasteiger partial charge in [0.25, 0.3) is 10.0 Å². The van der Waals surface area contributed by atoms with Crippen molar-refractivity contribution in [3.05, 3.63) is 60.2 Å². The van der Waals surface area contributed by atoms with Crippen molar-refractivity contribution < 1.29 is 13.2 Å². The van der Waals surface area contributed by atoms with Gasteiger partial charge in [-0.1, -0.05) is 30.3 Å². The summed E-state index contributed by atoms with van der Waals surface area (Å²) in [7, 11) is -1.72. The van der Waals surface area contributed by atoms with Crippen molar-refractivity contribution in [1.82, 2.24) is 10.2 Å². The van der Waals surface area contributed by atoms with Crippen LogP contribution in [0.3, 0.4) is 0 Å². The monoisotopic (exact) mass is 429 g/mol. The topological polar surface area (TPSA) is 69.7 Å². The SMILES string of the molecule is Cc1cccc(N(CC(=O)NCCC2CCN(C)CC2)S(=O)(=O)c2ccccc2)c1. The molecule has 1 aliphatic heterocycles. The van der Waals surface area contributed by atoms with Gasteiger partial charge in [-0.15, -0.1) is 0 Å². The fraction of sp³-hybridized carbons (Fsp3) is 0.435. The average molecular weight is 430 g/mol. The van der Waals surface area contributed by atoms with Gasteiger partial charge in [-0.2, -0.15) is 0 Å². The minimum atomic E-state index is -3.85. The Balaban J connectivity index is 1.69. The smallest absolute Gasteiger partial charge is 0.264 e. The quantitative estimate of drug-likeness (QED) is 0.700. The van der Waals surface area contributed by atoms with Crippen molar-refractivity contribution in [1.29, 1.82) is 0 Å². The van der Waals surface area contributed by atoms with Crippen LogP contribution in [0.5, 0.6) is 0 Å². The van der Waals surface area contributed by atoms with Crippen LogP contribution in [0.1, 0.15) is 24.8 Å². The number of piperidine rings is 1. The molecule has 0 aromatic heterocycles. The van der Waals surface area contributed by atoms with Gasteiger partial charge in [0.2, 0.25) is 5.91 Å². The number of nitrogens with one attached hydrogen (secondary N) is 1. The number of aryl methyl sites for hydroxylation is 1. The Morgan fingerprint density at radius 1 is 1.10 bits per heavy atom. The highest BCUT2D eigenvalue weighted by Crippen LogP contribution is 2.24. The van der Waals surface area contributed by atoms with E-state index in [2.05, 4.69) is 17.3 Å². The first-order chi connectivity index (χ1) is 14.4. The molecule has 1 heterocycles. The summed E-state index contributed by atoms with van der Waals surface area (Å²) >= 11 is 0. The Kier molecular flexibility index (Phi) is 7.50. The third kappa shape index (κ3) is 5.83. The molecule has 1 amide bonds. The van der Waals surface area contributed by atoms with Gasteiger partial charge in [0, 0.05) is 6.54 Å². The number of carbonyl (C=O) groups excluding carboxylic acids is 1. The van der Waals surface area contributed by atoms with E-state index in [1.807, 2.05) is 13.0 Å². The first-order valence-electron chi connectivity index (χ1n) is 10.5. The highest BCUT2D eigenvalue weighted by atomic mass is 32.2. The number of hydrogen-bond acceptors (Lipinski definition) is 4. The van der Waals surface area contributed by atoms with Gasteiger partial charge in [-0.25, -0.2) is 8.42 Å². The number of hydrogen-bond donors (Lipinski definition) is 1. The predicted molar refractivity (Wildman–Crippen MR) is 120 cm³/mol. The van der Waals surface area contributed by atoms with Crippen LogP contribution in [-0.4, -0.2) is 52.5 Å². The van der Waals surface area contributed by atoms with Crippen molar-refractivity contribution in [2.45, 2.75) is 31.1 Å².